The highest BCUT2D eigenvalue weighted by molar-refractivity contribution is 8.14. The first-order valence-corrected chi connectivity index (χ1v) is 7.60. The van der Waals surface area contributed by atoms with Crippen LogP contribution in [0, 0.1) is 5.92 Å². The Balaban J connectivity index is 1.87. The number of rotatable bonds is 2. The molecule has 5 heteroatoms. The van der Waals surface area contributed by atoms with Gasteiger partial charge in [-0.25, -0.2) is 0 Å². The number of hydrogen-bond donors (Lipinski definition) is 1. The quantitative estimate of drug-likeness (QED) is 0.887. The van der Waals surface area contributed by atoms with Gasteiger partial charge in [-0.05, 0) is 18.8 Å². The first kappa shape index (κ1) is 12.0. The number of nitrogens with one attached hydrogen (secondary N) is 1. The molecule has 0 saturated heterocycles. The second kappa shape index (κ2) is 5.26. The van der Waals surface area contributed by atoms with Crippen LogP contribution in [0.3, 0.4) is 0 Å². The highest BCUT2D eigenvalue weighted by Crippen LogP contribution is 2.34. The van der Waals surface area contributed by atoms with E-state index in [1.54, 1.807) is 12.4 Å². The number of aromatic nitrogens is 2. The van der Waals surface area contributed by atoms with E-state index >= 15 is 0 Å². The number of nitrogens with zero attached hydrogens (tertiary/aromatic N) is 3. The first-order chi connectivity index (χ1) is 8.88. The summed E-state index contributed by atoms with van der Waals surface area (Å²) >= 11 is 1.81. The van der Waals surface area contributed by atoms with Crippen molar-refractivity contribution in [1.29, 1.82) is 0 Å². The normalized spacial score (nSPS) is 26.6. The van der Waals surface area contributed by atoms with Gasteiger partial charge < -0.3 is 5.32 Å². The molecule has 1 aromatic rings. The average molecular weight is 262 g/mol. The number of hydrogen-bond acceptors (Lipinski definition) is 5. The Morgan fingerprint density at radius 1 is 1.39 bits per heavy atom. The Hall–Kier alpha value is -1.10. The maximum absolute atomic E-state index is 4.55. The Bertz CT molecular complexity index is 460. The predicted molar refractivity (Wildman–Crippen MR) is 74.8 cm³/mol. The third-order valence-electron chi connectivity index (χ3n) is 3.71. The topological polar surface area (TPSA) is 50.2 Å². The predicted octanol–water partition coefficient (Wildman–Crippen LogP) is 2.18. The van der Waals surface area contributed by atoms with Crippen LogP contribution in [-0.4, -0.2) is 27.4 Å². The summed E-state index contributed by atoms with van der Waals surface area (Å²) in [5, 5.41) is 4.67. The fourth-order valence-electron chi connectivity index (χ4n) is 2.72. The molecule has 0 amide bonds. The van der Waals surface area contributed by atoms with E-state index < -0.39 is 0 Å². The molecule has 4 nitrogen and oxygen atoms in total. The summed E-state index contributed by atoms with van der Waals surface area (Å²) in [6, 6.07) is 0.289. The van der Waals surface area contributed by atoms with Crippen LogP contribution in [0.4, 0.5) is 0 Å². The lowest BCUT2D eigenvalue weighted by Gasteiger charge is -2.32. The van der Waals surface area contributed by atoms with Crippen molar-refractivity contribution in [2.24, 2.45) is 10.9 Å². The molecule has 2 atom stereocenters. The molecule has 3 rings (SSSR count). The molecular weight excluding hydrogens is 244 g/mol. The third kappa shape index (κ3) is 2.23. The molecule has 2 heterocycles. The van der Waals surface area contributed by atoms with Crippen molar-refractivity contribution >= 4 is 16.9 Å². The molecule has 0 aromatic carbocycles. The van der Waals surface area contributed by atoms with Gasteiger partial charge in [-0.3, -0.25) is 15.0 Å². The molecule has 0 fully saturated rings. The van der Waals surface area contributed by atoms with Crippen molar-refractivity contribution in [2.75, 3.05) is 12.3 Å². The van der Waals surface area contributed by atoms with Crippen LogP contribution in [0.1, 0.15) is 37.2 Å². The summed E-state index contributed by atoms with van der Waals surface area (Å²) in [5.74, 6) is 1.73. The molecule has 2 unspecified atom stereocenters. The second-order valence-corrected chi connectivity index (χ2v) is 5.84. The molecule has 0 radical (unpaired) electrons. The number of amidine groups is 1. The van der Waals surface area contributed by atoms with Gasteiger partial charge in [0.1, 0.15) is 0 Å². The smallest absolute Gasteiger partial charge is 0.157 e. The maximum Gasteiger partial charge on any atom is 0.157 e. The fraction of sp³-hybridized carbons (Fsp3) is 0.615. The monoisotopic (exact) mass is 262 g/mol. The first-order valence-electron chi connectivity index (χ1n) is 6.62. The van der Waals surface area contributed by atoms with Gasteiger partial charge in [0.15, 0.2) is 5.17 Å². The lowest BCUT2D eigenvalue weighted by Crippen LogP contribution is -2.35. The Morgan fingerprint density at radius 3 is 3.06 bits per heavy atom. The largest absolute Gasteiger partial charge is 0.356 e. The average Bonchev–Trinajstić information content (AvgIpc) is 2.92. The van der Waals surface area contributed by atoms with E-state index in [9.17, 15) is 0 Å². The minimum atomic E-state index is 0.289. The van der Waals surface area contributed by atoms with Crippen LogP contribution < -0.4 is 5.32 Å². The van der Waals surface area contributed by atoms with Crippen molar-refractivity contribution in [3.05, 3.63) is 23.8 Å². The molecule has 1 N–H and O–H groups in total. The number of aryl methyl sites for hydroxylation is 1. The van der Waals surface area contributed by atoms with E-state index in [-0.39, 0.29) is 6.04 Å². The van der Waals surface area contributed by atoms with E-state index in [1.165, 1.54) is 12.8 Å². The zero-order valence-corrected chi connectivity index (χ0v) is 11.4. The van der Waals surface area contributed by atoms with Crippen molar-refractivity contribution in [2.45, 2.75) is 32.2 Å². The van der Waals surface area contributed by atoms with Crippen LogP contribution >= 0.6 is 11.8 Å². The molecule has 1 aliphatic heterocycles. The number of fused-ring (bicyclic) bond motifs is 1. The Morgan fingerprint density at radius 2 is 2.28 bits per heavy atom. The summed E-state index contributed by atoms with van der Waals surface area (Å²) in [5.41, 5.74) is 2.29. The van der Waals surface area contributed by atoms with Crippen molar-refractivity contribution < 1.29 is 0 Å². The van der Waals surface area contributed by atoms with Crippen LogP contribution in [-0.2, 0) is 6.42 Å². The summed E-state index contributed by atoms with van der Waals surface area (Å²) in [6.45, 7) is 3.19. The van der Waals surface area contributed by atoms with Crippen LogP contribution in [0.25, 0.3) is 0 Å². The molecule has 18 heavy (non-hydrogen) atoms. The van der Waals surface area contributed by atoms with E-state index in [0.29, 0.717) is 5.92 Å². The van der Waals surface area contributed by atoms with Gasteiger partial charge in [-0.15, -0.1) is 0 Å². The zero-order chi connectivity index (χ0) is 12.4. The lowest BCUT2D eigenvalue weighted by molar-refractivity contribution is 0.333. The van der Waals surface area contributed by atoms with Gasteiger partial charge in [0, 0.05) is 18.1 Å². The van der Waals surface area contributed by atoms with Crippen LogP contribution in [0.5, 0.6) is 0 Å². The highest BCUT2D eigenvalue weighted by Gasteiger charge is 2.31. The standard InChI is InChI=1S/C13H18N4S/c1-2-9-3-4-10-12(15-6-5-14-10)11(9)17-13-16-7-8-18-13/h5-6,9,11H,2-4,7-8H2,1H3,(H,16,17). The molecule has 2 aliphatic rings. The van der Waals surface area contributed by atoms with Gasteiger partial charge in [0.25, 0.3) is 0 Å². The van der Waals surface area contributed by atoms with E-state index in [1.807, 2.05) is 11.8 Å². The lowest BCUT2D eigenvalue weighted by atomic mass is 9.83. The van der Waals surface area contributed by atoms with E-state index in [0.717, 1.165) is 35.3 Å². The molecular formula is C13H18N4S. The third-order valence-corrected chi connectivity index (χ3v) is 4.62. The van der Waals surface area contributed by atoms with E-state index in [4.69, 9.17) is 0 Å². The van der Waals surface area contributed by atoms with Gasteiger partial charge >= 0.3 is 0 Å². The van der Waals surface area contributed by atoms with Crippen molar-refractivity contribution in [3.8, 4) is 0 Å². The van der Waals surface area contributed by atoms with Gasteiger partial charge in [-0.2, -0.15) is 0 Å². The van der Waals surface area contributed by atoms with Crippen LogP contribution in [0.15, 0.2) is 17.4 Å². The maximum atomic E-state index is 4.55. The van der Waals surface area contributed by atoms with Gasteiger partial charge in [0.2, 0.25) is 0 Å². The molecule has 1 aliphatic carbocycles. The summed E-state index contributed by atoms with van der Waals surface area (Å²) in [6.07, 6.45) is 7.02. The minimum absolute atomic E-state index is 0.289. The Kier molecular flexibility index (Phi) is 3.50. The fourth-order valence-corrected chi connectivity index (χ4v) is 3.49. The highest BCUT2D eigenvalue weighted by atomic mass is 32.2. The van der Waals surface area contributed by atoms with Crippen LogP contribution in [0.2, 0.25) is 0 Å². The number of aliphatic imine (C=N–C) groups is 1. The SMILES string of the molecule is CCC1CCc2nccnc2C1NC1=NCCS1. The van der Waals surface area contributed by atoms with E-state index in [2.05, 4.69) is 27.2 Å². The zero-order valence-electron chi connectivity index (χ0n) is 10.6. The molecule has 0 saturated carbocycles. The molecule has 1 aromatic heterocycles. The van der Waals surface area contributed by atoms with Crippen molar-refractivity contribution in [1.82, 2.24) is 15.3 Å². The van der Waals surface area contributed by atoms with Crippen molar-refractivity contribution in [3.63, 3.8) is 0 Å². The molecule has 0 spiro atoms. The van der Waals surface area contributed by atoms with Gasteiger partial charge in [0.05, 0.1) is 24.0 Å². The Labute approximate surface area is 112 Å². The molecule has 0 bridgehead atoms. The summed E-state index contributed by atoms with van der Waals surface area (Å²) < 4.78 is 0. The summed E-state index contributed by atoms with van der Waals surface area (Å²) in [4.78, 5) is 13.5. The van der Waals surface area contributed by atoms with Gasteiger partial charge in [-0.1, -0.05) is 25.1 Å². The summed E-state index contributed by atoms with van der Waals surface area (Å²) in [7, 11) is 0. The minimum Gasteiger partial charge on any atom is -0.356 e. The second-order valence-electron chi connectivity index (χ2n) is 4.75. The number of thioether (sulfide) groups is 1. The molecule has 96 valence electrons.